The molecule has 1 saturated carbocycles. The standard InChI is InChI=1S/C16H22N2OS/c1-3-10-18-16(12-17)9-8-15(11-16)20-14-6-4-13(19-2)5-7-14/h4-7,15,18H,3,8-11H2,1-2H3. The molecule has 2 rings (SSSR count). The highest BCUT2D eigenvalue weighted by Gasteiger charge is 2.39. The molecule has 0 aliphatic heterocycles. The molecular formula is C16H22N2OS. The predicted molar refractivity (Wildman–Crippen MR) is 83.1 cm³/mol. The summed E-state index contributed by atoms with van der Waals surface area (Å²) in [6, 6.07) is 10.7. The predicted octanol–water partition coefficient (Wildman–Crippen LogP) is 3.60. The molecule has 1 aromatic rings. The minimum absolute atomic E-state index is 0.305. The van der Waals surface area contributed by atoms with E-state index in [-0.39, 0.29) is 5.54 Å². The fraction of sp³-hybridized carbons (Fsp3) is 0.562. The number of benzene rings is 1. The first kappa shape index (κ1) is 15.2. The van der Waals surface area contributed by atoms with Gasteiger partial charge in [0, 0.05) is 10.1 Å². The molecule has 2 unspecified atom stereocenters. The van der Waals surface area contributed by atoms with E-state index in [1.807, 2.05) is 23.9 Å². The van der Waals surface area contributed by atoms with E-state index in [0.29, 0.717) is 5.25 Å². The summed E-state index contributed by atoms with van der Waals surface area (Å²) in [7, 11) is 1.68. The summed E-state index contributed by atoms with van der Waals surface area (Å²) in [5.41, 5.74) is -0.305. The molecule has 3 nitrogen and oxygen atoms in total. The van der Waals surface area contributed by atoms with Crippen molar-refractivity contribution in [2.45, 2.75) is 48.3 Å². The molecule has 0 amide bonds. The number of nitriles is 1. The number of hydrogen-bond donors (Lipinski definition) is 1. The second-order valence-corrected chi connectivity index (χ2v) is 6.65. The van der Waals surface area contributed by atoms with Crippen molar-refractivity contribution in [3.8, 4) is 11.8 Å². The summed E-state index contributed by atoms with van der Waals surface area (Å²) in [6.45, 7) is 3.06. The fourth-order valence-electron chi connectivity index (χ4n) is 2.61. The van der Waals surface area contributed by atoms with Crippen molar-refractivity contribution in [2.75, 3.05) is 13.7 Å². The Bertz CT molecular complexity index is 468. The minimum Gasteiger partial charge on any atom is -0.497 e. The third kappa shape index (κ3) is 3.68. The number of hydrogen-bond acceptors (Lipinski definition) is 4. The van der Waals surface area contributed by atoms with Gasteiger partial charge in [-0.25, -0.2) is 0 Å². The highest BCUT2D eigenvalue weighted by molar-refractivity contribution is 8.00. The van der Waals surface area contributed by atoms with E-state index in [1.54, 1.807) is 7.11 Å². The summed E-state index contributed by atoms with van der Waals surface area (Å²) in [6.07, 6.45) is 4.05. The molecule has 0 bridgehead atoms. The van der Waals surface area contributed by atoms with Gasteiger partial charge in [-0.15, -0.1) is 11.8 Å². The first-order chi connectivity index (χ1) is 9.71. The van der Waals surface area contributed by atoms with Crippen molar-refractivity contribution in [2.24, 2.45) is 0 Å². The average Bonchev–Trinajstić information content (AvgIpc) is 2.90. The number of nitrogens with one attached hydrogen (secondary N) is 1. The third-order valence-corrected chi connectivity index (χ3v) is 5.04. The van der Waals surface area contributed by atoms with Crippen LogP contribution in [0.5, 0.6) is 5.75 Å². The SMILES string of the molecule is CCCNC1(C#N)CCC(Sc2ccc(OC)cc2)C1. The molecular weight excluding hydrogens is 268 g/mol. The molecule has 1 N–H and O–H groups in total. The minimum atomic E-state index is -0.305. The van der Waals surface area contributed by atoms with Gasteiger partial charge in [0.15, 0.2) is 0 Å². The summed E-state index contributed by atoms with van der Waals surface area (Å²) in [4.78, 5) is 1.25. The second kappa shape index (κ2) is 7.01. The number of methoxy groups -OCH3 is 1. The van der Waals surface area contributed by atoms with E-state index in [1.165, 1.54) is 4.90 Å². The Labute approximate surface area is 125 Å². The molecule has 1 fully saturated rings. The Morgan fingerprint density at radius 2 is 2.20 bits per heavy atom. The van der Waals surface area contributed by atoms with Crippen LogP contribution in [0.15, 0.2) is 29.2 Å². The second-order valence-electron chi connectivity index (χ2n) is 5.28. The van der Waals surface area contributed by atoms with E-state index < -0.39 is 0 Å². The largest absolute Gasteiger partial charge is 0.497 e. The lowest BCUT2D eigenvalue weighted by atomic mass is 10.00. The number of rotatable bonds is 6. The zero-order valence-corrected chi connectivity index (χ0v) is 13.0. The topological polar surface area (TPSA) is 45.0 Å². The van der Waals surface area contributed by atoms with Crippen LogP contribution in [0.1, 0.15) is 32.6 Å². The monoisotopic (exact) mass is 290 g/mol. The smallest absolute Gasteiger partial charge is 0.118 e. The van der Waals surface area contributed by atoms with Crippen molar-refractivity contribution in [1.82, 2.24) is 5.32 Å². The van der Waals surface area contributed by atoms with Crippen LogP contribution in [0.3, 0.4) is 0 Å². The van der Waals surface area contributed by atoms with Gasteiger partial charge in [-0.3, -0.25) is 5.32 Å². The van der Waals surface area contributed by atoms with Crippen LogP contribution in [0.4, 0.5) is 0 Å². The van der Waals surface area contributed by atoms with Crippen molar-refractivity contribution in [3.63, 3.8) is 0 Å². The van der Waals surface area contributed by atoms with Crippen LogP contribution in [0.25, 0.3) is 0 Å². The van der Waals surface area contributed by atoms with E-state index >= 15 is 0 Å². The van der Waals surface area contributed by atoms with E-state index in [9.17, 15) is 5.26 Å². The molecule has 0 heterocycles. The molecule has 2 atom stereocenters. The number of ether oxygens (including phenoxy) is 1. The molecule has 1 aliphatic rings. The van der Waals surface area contributed by atoms with Gasteiger partial charge in [-0.05, 0) is 56.5 Å². The van der Waals surface area contributed by atoms with Crippen molar-refractivity contribution in [3.05, 3.63) is 24.3 Å². The van der Waals surface area contributed by atoms with Crippen LogP contribution in [-0.4, -0.2) is 24.4 Å². The Hall–Kier alpha value is -1.18. The van der Waals surface area contributed by atoms with Gasteiger partial charge in [0.1, 0.15) is 11.3 Å². The lowest BCUT2D eigenvalue weighted by Gasteiger charge is -2.22. The van der Waals surface area contributed by atoms with Gasteiger partial charge in [0.05, 0.1) is 13.2 Å². The van der Waals surface area contributed by atoms with Crippen LogP contribution in [0.2, 0.25) is 0 Å². The molecule has 0 saturated heterocycles. The van der Waals surface area contributed by atoms with Crippen molar-refractivity contribution < 1.29 is 4.74 Å². The zero-order valence-electron chi connectivity index (χ0n) is 12.2. The summed E-state index contributed by atoms with van der Waals surface area (Å²) < 4.78 is 5.17. The van der Waals surface area contributed by atoms with Gasteiger partial charge in [-0.2, -0.15) is 5.26 Å². The van der Waals surface area contributed by atoms with Crippen LogP contribution < -0.4 is 10.1 Å². The average molecular weight is 290 g/mol. The molecule has 1 aromatic carbocycles. The number of thioether (sulfide) groups is 1. The van der Waals surface area contributed by atoms with Crippen molar-refractivity contribution in [1.29, 1.82) is 5.26 Å². The highest BCUT2D eigenvalue weighted by atomic mass is 32.2. The fourth-order valence-corrected chi connectivity index (χ4v) is 3.90. The summed E-state index contributed by atoms with van der Waals surface area (Å²) in [5, 5.41) is 13.4. The van der Waals surface area contributed by atoms with E-state index in [4.69, 9.17) is 4.74 Å². The maximum Gasteiger partial charge on any atom is 0.118 e. The quantitative estimate of drug-likeness (QED) is 0.869. The zero-order chi connectivity index (χ0) is 14.4. The first-order valence-corrected chi connectivity index (χ1v) is 8.06. The van der Waals surface area contributed by atoms with Crippen molar-refractivity contribution >= 4 is 11.8 Å². The molecule has 20 heavy (non-hydrogen) atoms. The maximum absolute atomic E-state index is 9.46. The lowest BCUT2D eigenvalue weighted by molar-refractivity contribution is 0.414. The highest BCUT2D eigenvalue weighted by Crippen LogP contribution is 2.40. The molecule has 1 aliphatic carbocycles. The summed E-state index contributed by atoms with van der Waals surface area (Å²) in [5.74, 6) is 0.886. The van der Waals surface area contributed by atoms with E-state index in [2.05, 4.69) is 30.4 Å². The van der Waals surface area contributed by atoms with Crippen LogP contribution >= 0.6 is 11.8 Å². The Morgan fingerprint density at radius 1 is 1.45 bits per heavy atom. The van der Waals surface area contributed by atoms with Crippen LogP contribution in [0, 0.1) is 11.3 Å². The lowest BCUT2D eigenvalue weighted by Crippen LogP contribution is -2.42. The van der Waals surface area contributed by atoms with Gasteiger partial charge in [0.2, 0.25) is 0 Å². The first-order valence-electron chi connectivity index (χ1n) is 7.18. The molecule has 4 heteroatoms. The van der Waals surface area contributed by atoms with Gasteiger partial charge in [-0.1, -0.05) is 6.92 Å². The molecule has 0 radical (unpaired) electrons. The normalized spacial score (nSPS) is 25.4. The maximum atomic E-state index is 9.46. The molecule has 0 spiro atoms. The number of nitrogens with zero attached hydrogens (tertiary/aromatic N) is 1. The molecule has 0 aromatic heterocycles. The van der Waals surface area contributed by atoms with Gasteiger partial charge >= 0.3 is 0 Å². The third-order valence-electron chi connectivity index (χ3n) is 3.76. The van der Waals surface area contributed by atoms with Gasteiger partial charge in [0.25, 0.3) is 0 Å². The van der Waals surface area contributed by atoms with Crippen LogP contribution in [-0.2, 0) is 0 Å². The Kier molecular flexibility index (Phi) is 5.33. The Balaban J connectivity index is 1.93. The van der Waals surface area contributed by atoms with Gasteiger partial charge < -0.3 is 4.74 Å². The summed E-state index contributed by atoms with van der Waals surface area (Å²) >= 11 is 1.87. The molecule has 108 valence electrons. The Morgan fingerprint density at radius 3 is 2.80 bits per heavy atom. The van der Waals surface area contributed by atoms with E-state index in [0.717, 1.165) is 38.0 Å².